The molecule has 0 spiro atoms. The molecule has 0 aliphatic heterocycles. The van der Waals surface area contributed by atoms with Crippen LogP contribution in [0.4, 0.5) is 0 Å². The van der Waals surface area contributed by atoms with Crippen LogP contribution in [0, 0.1) is 23.2 Å². The van der Waals surface area contributed by atoms with Crippen molar-refractivity contribution in [3.8, 4) is 0 Å². The average molecular weight is 268 g/mol. The van der Waals surface area contributed by atoms with Crippen LogP contribution in [0.25, 0.3) is 0 Å². The van der Waals surface area contributed by atoms with E-state index >= 15 is 0 Å². The zero-order valence-electron chi connectivity index (χ0n) is 14.1. The lowest BCUT2D eigenvalue weighted by atomic mass is 9.67. The summed E-state index contributed by atoms with van der Waals surface area (Å²) in [5.74, 6) is 2.35. The van der Waals surface area contributed by atoms with Crippen LogP contribution in [0.2, 0.25) is 0 Å². The molecule has 3 atom stereocenters. The Balaban J connectivity index is 2.64. The SMILES string of the molecule is CC(C)CCN(C)C1CC(C(C)(C)C)CCC1CN. The van der Waals surface area contributed by atoms with Crippen LogP contribution >= 0.6 is 0 Å². The summed E-state index contributed by atoms with van der Waals surface area (Å²) in [4.78, 5) is 2.59. The van der Waals surface area contributed by atoms with Gasteiger partial charge in [-0.25, -0.2) is 0 Å². The molecule has 0 aromatic rings. The third kappa shape index (κ3) is 5.07. The molecular weight excluding hydrogens is 232 g/mol. The van der Waals surface area contributed by atoms with Crippen LogP contribution in [-0.2, 0) is 0 Å². The molecular formula is C17H36N2. The summed E-state index contributed by atoms with van der Waals surface area (Å²) >= 11 is 0. The van der Waals surface area contributed by atoms with Crippen LogP contribution in [-0.4, -0.2) is 31.1 Å². The fourth-order valence-corrected chi connectivity index (χ4v) is 3.44. The number of rotatable bonds is 5. The second-order valence-electron chi connectivity index (χ2n) is 8.10. The standard InChI is InChI=1S/C17H36N2/c1-13(2)9-10-19(6)16-11-15(17(3,4)5)8-7-14(16)12-18/h13-16H,7-12,18H2,1-6H3. The lowest BCUT2D eigenvalue weighted by Crippen LogP contribution is -2.47. The van der Waals surface area contributed by atoms with E-state index in [2.05, 4.69) is 46.6 Å². The summed E-state index contributed by atoms with van der Waals surface area (Å²) in [7, 11) is 2.31. The molecule has 2 N–H and O–H groups in total. The van der Waals surface area contributed by atoms with E-state index in [0.29, 0.717) is 17.4 Å². The third-order valence-corrected chi connectivity index (χ3v) is 5.11. The predicted molar refractivity (Wildman–Crippen MR) is 85.2 cm³/mol. The molecule has 0 aromatic carbocycles. The molecule has 0 saturated heterocycles. The Morgan fingerprint density at radius 3 is 2.32 bits per heavy atom. The average Bonchev–Trinajstić information content (AvgIpc) is 2.33. The van der Waals surface area contributed by atoms with E-state index in [0.717, 1.165) is 18.4 Å². The molecule has 1 saturated carbocycles. The maximum atomic E-state index is 6.02. The molecule has 1 fully saturated rings. The molecule has 114 valence electrons. The van der Waals surface area contributed by atoms with E-state index in [1.165, 1.54) is 32.2 Å². The van der Waals surface area contributed by atoms with Gasteiger partial charge in [-0.05, 0) is 69.0 Å². The molecule has 2 nitrogen and oxygen atoms in total. The van der Waals surface area contributed by atoms with Gasteiger partial charge in [-0.3, -0.25) is 0 Å². The van der Waals surface area contributed by atoms with Gasteiger partial charge in [0.15, 0.2) is 0 Å². The number of nitrogens with zero attached hydrogens (tertiary/aromatic N) is 1. The van der Waals surface area contributed by atoms with Crippen LogP contribution < -0.4 is 5.73 Å². The quantitative estimate of drug-likeness (QED) is 0.823. The maximum Gasteiger partial charge on any atom is 0.0135 e. The molecule has 0 amide bonds. The summed E-state index contributed by atoms with van der Waals surface area (Å²) in [5, 5.41) is 0. The fraction of sp³-hybridized carbons (Fsp3) is 1.00. The topological polar surface area (TPSA) is 29.3 Å². The van der Waals surface area contributed by atoms with Crippen molar-refractivity contribution in [2.75, 3.05) is 20.1 Å². The van der Waals surface area contributed by atoms with Gasteiger partial charge in [-0.15, -0.1) is 0 Å². The second-order valence-corrected chi connectivity index (χ2v) is 8.10. The van der Waals surface area contributed by atoms with Crippen molar-refractivity contribution in [2.45, 2.75) is 66.3 Å². The fourth-order valence-electron chi connectivity index (χ4n) is 3.44. The minimum absolute atomic E-state index is 0.441. The highest BCUT2D eigenvalue weighted by Crippen LogP contribution is 2.41. The van der Waals surface area contributed by atoms with Crippen molar-refractivity contribution in [1.29, 1.82) is 0 Å². The van der Waals surface area contributed by atoms with Gasteiger partial charge in [0.1, 0.15) is 0 Å². The highest BCUT2D eigenvalue weighted by atomic mass is 15.1. The maximum absolute atomic E-state index is 6.02. The smallest absolute Gasteiger partial charge is 0.0135 e. The normalized spacial score (nSPS) is 29.2. The van der Waals surface area contributed by atoms with Crippen LogP contribution in [0.1, 0.15) is 60.3 Å². The van der Waals surface area contributed by atoms with Crippen LogP contribution in [0.5, 0.6) is 0 Å². The first kappa shape index (κ1) is 17.0. The van der Waals surface area contributed by atoms with E-state index in [9.17, 15) is 0 Å². The Bertz CT molecular complexity index is 254. The molecule has 19 heavy (non-hydrogen) atoms. The molecule has 1 rings (SSSR count). The minimum Gasteiger partial charge on any atom is -0.330 e. The largest absolute Gasteiger partial charge is 0.330 e. The van der Waals surface area contributed by atoms with Crippen molar-refractivity contribution < 1.29 is 0 Å². The monoisotopic (exact) mass is 268 g/mol. The Hall–Kier alpha value is -0.0800. The molecule has 1 aliphatic rings. The highest BCUT2D eigenvalue weighted by Gasteiger charge is 2.36. The summed E-state index contributed by atoms with van der Waals surface area (Å²) in [6, 6.07) is 0.696. The van der Waals surface area contributed by atoms with Crippen molar-refractivity contribution in [3.63, 3.8) is 0 Å². The minimum atomic E-state index is 0.441. The van der Waals surface area contributed by atoms with Gasteiger partial charge in [-0.1, -0.05) is 34.6 Å². The summed E-state index contributed by atoms with van der Waals surface area (Å²) < 4.78 is 0. The molecule has 0 aromatic heterocycles. The molecule has 0 heterocycles. The lowest BCUT2D eigenvalue weighted by molar-refractivity contribution is 0.0571. The third-order valence-electron chi connectivity index (χ3n) is 5.11. The predicted octanol–water partition coefficient (Wildman–Crippen LogP) is 3.75. The van der Waals surface area contributed by atoms with Gasteiger partial charge in [0, 0.05) is 6.04 Å². The summed E-state index contributed by atoms with van der Waals surface area (Å²) in [6.45, 7) is 13.9. The molecule has 2 heteroatoms. The number of hydrogen-bond donors (Lipinski definition) is 1. The Morgan fingerprint density at radius 1 is 1.21 bits per heavy atom. The zero-order chi connectivity index (χ0) is 14.6. The Kier molecular flexibility index (Phi) is 6.32. The van der Waals surface area contributed by atoms with Crippen molar-refractivity contribution >= 4 is 0 Å². The summed E-state index contributed by atoms with van der Waals surface area (Å²) in [6.07, 6.45) is 5.31. The molecule has 3 unspecified atom stereocenters. The molecule has 0 radical (unpaired) electrons. The summed E-state index contributed by atoms with van der Waals surface area (Å²) in [5.41, 5.74) is 6.46. The number of nitrogens with two attached hydrogens (primary N) is 1. The lowest BCUT2D eigenvalue weighted by Gasteiger charge is -2.45. The zero-order valence-corrected chi connectivity index (χ0v) is 14.1. The van der Waals surface area contributed by atoms with E-state index < -0.39 is 0 Å². The van der Waals surface area contributed by atoms with Crippen molar-refractivity contribution in [1.82, 2.24) is 4.90 Å². The van der Waals surface area contributed by atoms with Gasteiger partial charge in [0.2, 0.25) is 0 Å². The van der Waals surface area contributed by atoms with Gasteiger partial charge >= 0.3 is 0 Å². The van der Waals surface area contributed by atoms with Crippen molar-refractivity contribution in [2.24, 2.45) is 28.9 Å². The van der Waals surface area contributed by atoms with Gasteiger partial charge in [0.25, 0.3) is 0 Å². The Morgan fingerprint density at radius 2 is 1.84 bits per heavy atom. The van der Waals surface area contributed by atoms with Crippen LogP contribution in [0.3, 0.4) is 0 Å². The molecule has 0 bridgehead atoms. The van der Waals surface area contributed by atoms with E-state index in [1.54, 1.807) is 0 Å². The first-order valence-corrected chi connectivity index (χ1v) is 8.16. The van der Waals surface area contributed by atoms with Crippen LogP contribution in [0.15, 0.2) is 0 Å². The second kappa shape index (κ2) is 7.08. The van der Waals surface area contributed by atoms with Gasteiger partial charge in [-0.2, -0.15) is 0 Å². The Labute approximate surface area is 121 Å². The number of hydrogen-bond acceptors (Lipinski definition) is 2. The van der Waals surface area contributed by atoms with Crippen molar-refractivity contribution in [3.05, 3.63) is 0 Å². The van der Waals surface area contributed by atoms with E-state index in [1.807, 2.05) is 0 Å². The molecule has 1 aliphatic carbocycles. The highest BCUT2D eigenvalue weighted by molar-refractivity contribution is 4.90. The first-order chi connectivity index (χ1) is 8.75. The van der Waals surface area contributed by atoms with E-state index in [4.69, 9.17) is 5.73 Å². The van der Waals surface area contributed by atoms with Gasteiger partial charge in [0.05, 0.1) is 0 Å². The van der Waals surface area contributed by atoms with Gasteiger partial charge < -0.3 is 10.6 Å². The van der Waals surface area contributed by atoms with E-state index in [-0.39, 0.29) is 0 Å². The first-order valence-electron chi connectivity index (χ1n) is 8.16.